The number of anilines is 2. The average molecular weight is 267 g/mol. The Morgan fingerprint density at radius 1 is 1.44 bits per heavy atom. The molecule has 1 aliphatic heterocycles. The Bertz CT molecular complexity index is 409. The highest BCUT2D eigenvalue weighted by molar-refractivity contribution is 7.98. The zero-order valence-electron chi connectivity index (χ0n) is 11.3. The lowest BCUT2D eigenvalue weighted by atomic mass is 10.1. The predicted octanol–water partition coefficient (Wildman–Crippen LogP) is 1.31. The standard InChI is InChI=1S/C12H21N5S/c1-16(2)9-5-4-6-17(8-9)11-7-10(13)14-12(15-11)18-3/h7,9H,4-6,8H2,1-3H3,(H2,13,14,15). The third-order valence-corrected chi connectivity index (χ3v) is 3.89. The Labute approximate surface area is 113 Å². The van der Waals surface area contributed by atoms with Crippen LogP contribution in [0.25, 0.3) is 0 Å². The molecule has 0 spiro atoms. The summed E-state index contributed by atoms with van der Waals surface area (Å²) in [6.07, 6.45) is 4.41. The monoisotopic (exact) mass is 267 g/mol. The van der Waals surface area contributed by atoms with Crippen molar-refractivity contribution in [3.8, 4) is 0 Å². The maximum atomic E-state index is 5.83. The van der Waals surface area contributed by atoms with Crippen molar-refractivity contribution in [3.63, 3.8) is 0 Å². The second-order valence-corrected chi connectivity index (χ2v) is 5.62. The molecule has 0 bridgehead atoms. The van der Waals surface area contributed by atoms with Gasteiger partial charge in [0.2, 0.25) is 0 Å². The van der Waals surface area contributed by atoms with E-state index < -0.39 is 0 Å². The maximum absolute atomic E-state index is 5.83. The van der Waals surface area contributed by atoms with Crippen LogP contribution in [0.2, 0.25) is 0 Å². The zero-order valence-corrected chi connectivity index (χ0v) is 12.1. The summed E-state index contributed by atoms with van der Waals surface area (Å²) in [5.74, 6) is 1.51. The van der Waals surface area contributed by atoms with E-state index in [0.717, 1.165) is 24.1 Å². The summed E-state index contributed by atoms with van der Waals surface area (Å²) < 4.78 is 0. The van der Waals surface area contributed by atoms with E-state index in [1.165, 1.54) is 24.6 Å². The summed E-state index contributed by atoms with van der Waals surface area (Å²) in [4.78, 5) is 13.3. The molecule has 1 aliphatic rings. The van der Waals surface area contributed by atoms with Crippen molar-refractivity contribution in [2.75, 3.05) is 44.1 Å². The zero-order chi connectivity index (χ0) is 13.1. The van der Waals surface area contributed by atoms with E-state index in [2.05, 4.69) is 33.9 Å². The highest BCUT2D eigenvalue weighted by atomic mass is 32.2. The van der Waals surface area contributed by atoms with Gasteiger partial charge in [-0.1, -0.05) is 11.8 Å². The molecule has 0 aromatic carbocycles. The first-order chi connectivity index (χ1) is 8.60. The van der Waals surface area contributed by atoms with Gasteiger partial charge in [-0.3, -0.25) is 0 Å². The van der Waals surface area contributed by atoms with Crippen LogP contribution in [0.5, 0.6) is 0 Å². The Kier molecular flexibility index (Phi) is 4.29. The maximum Gasteiger partial charge on any atom is 0.191 e. The highest BCUT2D eigenvalue weighted by Crippen LogP contribution is 2.23. The smallest absolute Gasteiger partial charge is 0.191 e. The van der Waals surface area contributed by atoms with Gasteiger partial charge in [0.1, 0.15) is 11.6 Å². The van der Waals surface area contributed by atoms with Gasteiger partial charge in [-0.25, -0.2) is 9.97 Å². The number of aromatic nitrogens is 2. The van der Waals surface area contributed by atoms with Crippen LogP contribution >= 0.6 is 11.8 Å². The number of hydrogen-bond donors (Lipinski definition) is 1. The summed E-state index contributed by atoms with van der Waals surface area (Å²) >= 11 is 1.53. The molecular weight excluding hydrogens is 246 g/mol. The third kappa shape index (κ3) is 3.05. The lowest BCUT2D eigenvalue weighted by Gasteiger charge is -2.36. The summed E-state index contributed by atoms with van der Waals surface area (Å²) in [5.41, 5.74) is 5.83. The molecule has 6 heteroatoms. The van der Waals surface area contributed by atoms with Crippen LogP contribution < -0.4 is 10.6 Å². The number of nitrogens with two attached hydrogens (primary N) is 1. The first-order valence-electron chi connectivity index (χ1n) is 6.20. The van der Waals surface area contributed by atoms with Gasteiger partial charge >= 0.3 is 0 Å². The molecular formula is C12H21N5S. The minimum absolute atomic E-state index is 0.552. The van der Waals surface area contributed by atoms with Gasteiger partial charge in [-0.15, -0.1) is 0 Å². The first kappa shape index (κ1) is 13.4. The van der Waals surface area contributed by atoms with Gasteiger partial charge < -0.3 is 15.5 Å². The number of nitrogens with zero attached hydrogens (tertiary/aromatic N) is 4. The minimum atomic E-state index is 0.552. The van der Waals surface area contributed by atoms with E-state index in [4.69, 9.17) is 5.73 Å². The number of likely N-dealkylation sites (N-methyl/N-ethyl adjacent to an activating group) is 1. The fraction of sp³-hybridized carbons (Fsp3) is 0.667. The molecule has 2 heterocycles. The van der Waals surface area contributed by atoms with Crippen LogP contribution in [0.3, 0.4) is 0 Å². The lowest BCUT2D eigenvalue weighted by molar-refractivity contribution is 0.257. The van der Waals surface area contributed by atoms with Crippen molar-refractivity contribution in [2.45, 2.75) is 24.0 Å². The second kappa shape index (κ2) is 5.75. The van der Waals surface area contributed by atoms with Crippen molar-refractivity contribution in [1.29, 1.82) is 0 Å². The molecule has 1 fully saturated rings. The van der Waals surface area contributed by atoms with Crippen molar-refractivity contribution in [3.05, 3.63) is 6.07 Å². The molecule has 2 N–H and O–H groups in total. The summed E-state index contributed by atoms with van der Waals surface area (Å²) in [7, 11) is 4.27. The molecule has 1 aromatic heterocycles. The fourth-order valence-corrected chi connectivity index (χ4v) is 2.65. The topological polar surface area (TPSA) is 58.3 Å². The van der Waals surface area contributed by atoms with Crippen molar-refractivity contribution >= 4 is 23.4 Å². The van der Waals surface area contributed by atoms with Crippen molar-refractivity contribution < 1.29 is 0 Å². The van der Waals surface area contributed by atoms with E-state index in [-0.39, 0.29) is 0 Å². The van der Waals surface area contributed by atoms with Gasteiger partial charge in [0.15, 0.2) is 5.16 Å². The summed E-state index contributed by atoms with van der Waals surface area (Å²) in [5, 5.41) is 0.747. The number of thioether (sulfide) groups is 1. The third-order valence-electron chi connectivity index (χ3n) is 3.35. The van der Waals surface area contributed by atoms with Crippen LogP contribution in [-0.2, 0) is 0 Å². The van der Waals surface area contributed by atoms with Crippen molar-refractivity contribution in [1.82, 2.24) is 14.9 Å². The molecule has 1 saturated heterocycles. The molecule has 18 heavy (non-hydrogen) atoms. The Morgan fingerprint density at radius 2 is 2.22 bits per heavy atom. The molecule has 1 aromatic rings. The minimum Gasteiger partial charge on any atom is -0.383 e. The molecule has 1 unspecified atom stereocenters. The molecule has 0 saturated carbocycles. The molecule has 1 atom stereocenters. The average Bonchev–Trinajstić information content (AvgIpc) is 2.38. The highest BCUT2D eigenvalue weighted by Gasteiger charge is 2.22. The van der Waals surface area contributed by atoms with Crippen LogP contribution in [0.15, 0.2) is 11.2 Å². The summed E-state index contributed by atoms with van der Waals surface area (Å²) in [6, 6.07) is 2.46. The van der Waals surface area contributed by atoms with Gasteiger partial charge in [-0.05, 0) is 33.2 Å². The van der Waals surface area contributed by atoms with Gasteiger partial charge in [0.05, 0.1) is 0 Å². The lowest BCUT2D eigenvalue weighted by Crippen LogP contribution is -2.45. The van der Waals surface area contributed by atoms with E-state index in [1.807, 2.05) is 12.3 Å². The van der Waals surface area contributed by atoms with Crippen molar-refractivity contribution in [2.24, 2.45) is 0 Å². The Hall–Kier alpha value is -1.01. The number of nitrogen functional groups attached to an aromatic ring is 1. The van der Waals surface area contributed by atoms with E-state index in [0.29, 0.717) is 11.9 Å². The Balaban J connectivity index is 2.17. The molecule has 100 valence electrons. The molecule has 5 nitrogen and oxygen atoms in total. The number of hydrogen-bond acceptors (Lipinski definition) is 6. The Morgan fingerprint density at radius 3 is 2.89 bits per heavy atom. The molecule has 2 rings (SSSR count). The van der Waals surface area contributed by atoms with E-state index in [9.17, 15) is 0 Å². The molecule has 0 aliphatic carbocycles. The van der Waals surface area contributed by atoms with Crippen LogP contribution in [0.4, 0.5) is 11.6 Å². The number of rotatable bonds is 3. The van der Waals surface area contributed by atoms with Crippen LogP contribution in [0, 0.1) is 0 Å². The quantitative estimate of drug-likeness (QED) is 0.658. The van der Waals surface area contributed by atoms with Crippen LogP contribution in [-0.4, -0.2) is 54.4 Å². The second-order valence-electron chi connectivity index (χ2n) is 4.84. The van der Waals surface area contributed by atoms with Crippen LogP contribution in [0.1, 0.15) is 12.8 Å². The van der Waals surface area contributed by atoms with Gasteiger partial charge in [-0.2, -0.15) is 0 Å². The number of piperidine rings is 1. The van der Waals surface area contributed by atoms with Gasteiger partial charge in [0.25, 0.3) is 0 Å². The predicted molar refractivity (Wildman–Crippen MR) is 77.1 cm³/mol. The first-order valence-corrected chi connectivity index (χ1v) is 7.42. The van der Waals surface area contributed by atoms with E-state index in [1.54, 1.807) is 0 Å². The summed E-state index contributed by atoms with van der Waals surface area (Å²) in [6.45, 7) is 2.06. The molecule has 0 amide bonds. The fourth-order valence-electron chi connectivity index (χ4n) is 2.27. The SMILES string of the molecule is CSc1nc(N)cc(N2CCCC(N(C)C)C2)n1. The molecule has 0 radical (unpaired) electrons. The van der Waals surface area contributed by atoms with Gasteiger partial charge in [0, 0.05) is 25.2 Å². The normalized spacial score (nSPS) is 20.4. The largest absolute Gasteiger partial charge is 0.383 e. The van der Waals surface area contributed by atoms with E-state index >= 15 is 0 Å².